The van der Waals surface area contributed by atoms with E-state index in [9.17, 15) is 13.2 Å². The van der Waals surface area contributed by atoms with Crippen molar-refractivity contribution < 1.29 is 17.9 Å². The average molecular weight is 412 g/mol. The van der Waals surface area contributed by atoms with Gasteiger partial charge in [-0.2, -0.15) is 0 Å². The van der Waals surface area contributed by atoms with Gasteiger partial charge in [-0.15, -0.1) is 0 Å². The number of nitrogens with zero attached hydrogens (tertiary/aromatic N) is 1. The molecule has 0 N–H and O–H groups in total. The highest BCUT2D eigenvalue weighted by atomic mass is 79.9. The molecule has 7 heteroatoms. The molecule has 0 atom stereocenters. The summed E-state index contributed by atoms with van der Waals surface area (Å²) >= 11 is 3.21. The summed E-state index contributed by atoms with van der Waals surface area (Å²) in [4.78, 5) is 12.4. The van der Waals surface area contributed by atoms with Crippen LogP contribution in [0.4, 0.5) is 0 Å². The molecule has 0 saturated heterocycles. The maximum Gasteiger partial charge on any atom is 0.343 e. The second-order valence-electron chi connectivity index (χ2n) is 5.59. The Hall–Kier alpha value is -1.70. The Morgan fingerprint density at radius 1 is 1.08 bits per heavy atom. The molecule has 5 nitrogen and oxygen atoms in total. The maximum absolute atomic E-state index is 12.4. The van der Waals surface area contributed by atoms with Crippen LogP contribution in [0.15, 0.2) is 45.8 Å². The SMILES string of the molecule is Cc1ccc(OC(=O)c2ccc(Br)c(S(=O)(=O)N(C)C)c2)c(C)c1. The summed E-state index contributed by atoms with van der Waals surface area (Å²) in [5, 5.41) is 0. The number of carbonyl (C=O) groups is 1. The molecule has 0 heterocycles. The molecular formula is C17H18BrNO4S. The normalized spacial score (nSPS) is 11.6. The van der Waals surface area contributed by atoms with Crippen LogP contribution in [-0.4, -0.2) is 32.8 Å². The Balaban J connectivity index is 2.37. The Morgan fingerprint density at radius 3 is 2.33 bits per heavy atom. The Labute approximate surface area is 150 Å². The first-order valence-corrected chi connectivity index (χ1v) is 9.37. The standard InChI is InChI=1S/C17H18BrNO4S/c1-11-5-8-15(12(2)9-11)23-17(20)13-6-7-14(18)16(10-13)24(21,22)19(3)4/h5-10H,1-4H3. The largest absolute Gasteiger partial charge is 0.423 e. The first-order chi connectivity index (χ1) is 11.1. The van der Waals surface area contributed by atoms with Crippen molar-refractivity contribution in [1.29, 1.82) is 0 Å². The Bertz CT molecular complexity index is 891. The average Bonchev–Trinajstić information content (AvgIpc) is 2.50. The summed E-state index contributed by atoms with van der Waals surface area (Å²) in [6.45, 7) is 3.80. The quantitative estimate of drug-likeness (QED) is 0.569. The highest BCUT2D eigenvalue weighted by Gasteiger charge is 2.23. The molecule has 0 aliphatic rings. The summed E-state index contributed by atoms with van der Waals surface area (Å²) in [7, 11) is -0.806. The monoisotopic (exact) mass is 411 g/mol. The van der Waals surface area contributed by atoms with Crippen molar-refractivity contribution in [2.24, 2.45) is 0 Å². The second-order valence-corrected chi connectivity index (χ2v) is 8.57. The number of aryl methyl sites for hydroxylation is 2. The van der Waals surface area contributed by atoms with Gasteiger partial charge in [-0.05, 0) is 59.6 Å². The molecule has 2 aromatic carbocycles. The zero-order chi connectivity index (χ0) is 18.1. The molecule has 0 saturated carbocycles. The zero-order valence-electron chi connectivity index (χ0n) is 13.8. The summed E-state index contributed by atoms with van der Waals surface area (Å²) in [5.41, 5.74) is 2.07. The van der Waals surface area contributed by atoms with E-state index in [1.807, 2.05) is 26.0 Å². The van der Waals surface area contributed by atoms with Crippen LogP contribution < -0.4 is 4.74 Å². The van der Waals surface area contributed by atoms with Gasteiger partial charge in [-0.1, -0.05) is 17.7 Å². The number of carbonyl (C=O) groups excluding carboxylic acids is 1. The molecule has 0 bridgehead atoms. The molecule has 128 valence electrons. The molecule has 0 amide bonds. The highest BCUT2D eigenvalue weighted by Crippen LogP contribution is 2.26. The van der Waals surface area contributed by atoms with Gasteiger partial charge >= 0.3 is 5.97 Å². The van der Waals surface area contributed by atoms with Crippen LogP contribution in [0.5, 0.6) is 5.75 Å². The first-order valence-electron chi connectivity index (χ1n) is 7.14. The van der Waals surface area contributed by atoms with Gasteiger partial charge in [0.15, 0.2) is 0 Å². The molecule has 0 fully saturated rings. The van der Waals surface area contributed by atoms with E-state index >= 15 is 0 Å². The van der Waals surface area contributed by atoms with E-state index in [1.165, 1.54) is 32.3 Å². The fourth-order valence-corrected chi connectivity index (χ4v) is 3.94. The minimum atomic E-state index is -3.67. The van der Waals surface area contributed by atoms with Crippen LogP contribution in [0.1, 0.15) is 21.5 Å². The molecule has 0 spiro atoms. The lowest BCUT2D eigenvalue weighted by Crippen LogP contribution is -2.23. The topological polar surface area (TPSA) is 63.7 Å². The predicted molar refractivity (Wildman–Crippen MR) is 95.9 cm³/mol. The van der Waals surface area contributed by atoms with E-state index in [0.29, 0.717) is 10.2 Å². The van der Waals surface area contributed by atoms with Gasteiger partial charge in [0.2, 0.25) is 10.0 Å². The molecule has 2 rings (SSSR count). The molecule has 0 aliphatic heterocycles. The molecule has 0 unspecified atom stereocenters. The van der Waals surface area contributed by atoms with Crippen LogP contribution in [0.3, 0.4) is 0 Å². The molecule has 0 aliphatic carbocycles. The van der Waals surface area contributed by atoms with Crippen molar-refractivity contribution in [3.05, 3.63) is 57.6 Å². The lowest BCUT2D eigenvalue weighted by Gasteiger charge is -2.14. The summed E-state index contributed by atoms with van der Waals surface area (Å²) in [5.74, 6) is -0.157. The number of sulfonamides is 1. The molecular weight excluding hydrogens is 394 g/mol. The maximum atomic E-state index is 12.4. The summed E-state index contributed by atoms with van der Waals surface area (Å²) in [6.07, 6.45) is 0. The van der Waals surface area contributed by atoms with Crippen LogP contribution >= 0.6 is 15.9 Å². The summed E-state index contributed by atoms with van der Waals surface area (Å²) < 4.78 is 31.5. The van der Waals surface area contributed by atoms with E-state index in [1.54, 1.807) is 6.07 Å². The first kappa shape index (κ1) is 18.6. The van der Waals surface area contributed by atoms with E-state index in [0.717, 1.165) is 15.4 Å². The number of hydrogen-bond donors (Lipinski definition) is 0. The van der Waals surface area contributed by atoms with Crippen LogP contribution in [0.25, 0.3) is 0 Å². The number of halogens is 1. The minimum Gasteiger partial charge on any atom is -0.423 e. The van der Waals surface area contributed by atoms with Gasteiger partial charge in [0.05, 0.1) is 10.5 Å². The van der Waals surface area contributed by atoms with Gasteiger partial charge in [0, 0.05) is 18.6 Å². The van der Waals surface area contributed by atoms with Crippen molar-refractivity contribution in [3.8, 4) is 5.75 Å². The highest BCUT2D eigenvalue weighted by molar-refractivity contribution is 9.10. The van der Waals surface area contributed by atoms with Crippen LogP contribution in [0, 0.1) is 13.8 Å². The van der Waals surface area contributed by atoms with Gasteiger partial charge in [-0.3, -0.25) is 0 Å². The van der Waals surface area contributed by atoms with Gasteiger partial charge in [0.1, 0.15) is 5.75 Å². The van der Waals surface area contributed by atoms with Crippen molar-refractivity contribution in [2.75, 3.05) is 14.1 Å². The molecule has 2 aromatic rings. The molecule has 24 heavy (non-hydrogen) atoms. The smallest absolute Gasteiger partial charge is 0.343 e. The fraction of sp³-hybridized carbons (Fsp3) is 0.235. The zero-order valence-corrected chi connectivity index (χ0v) is 16.2. The van der Waals surface area contributed by atoms with E-state index in [-0.39, 0.29) is 10.5 Å². The minimum absolute atomic E-state index is 0.0163. The van der Waals surface area contributed by atoms with Crippen molar-refractivity contribution in [3.63, 3.8) is 0 Å². The lowest BCUT2D eigenvalue weighted by atomic mass is 10.1. The molecule has 0 aromatic heterocycles. The summed E-state index contributed by atoms with van der Waals surface area (Å²) in [6, 6.07) is 9.83. The number of benzene rings is 2. The van der Waals surface area contributed by atoms with Crippen LogP contribution in [-0.2, 0) is 10.0 Å². The van der Waals surface area contributed by atoms with Gasteiger partial charge in [-0.25, -0.2) is 17.5 Å². The van der Waals surface area contributed by atoms with Gasteiger partial charge in [0.25, 0.3) is 0 Å². The second kappa shape index (κ2) is 7.04. The third kappa shape index (κ3) is 3.85. The van der Waals surface area contributed by atoms with E-state index < -0.39 is 16.0 Å². The third-order valence-electron chi connectivity index (χ3n) is 3.46. The third-order valence-corrected chi connectivity index (χ3v) is 6.27. The van der Waals surface area contributed by atoms with Crippen molar-refractivity contribution >= 4 is 31.9 Å². The van der Waals surface area contributed by atoms with E-state index in [4.69, 9.17) is 4.74 Å². The number of rotatable bonds is 4. The van der Waals surface area contributed by atoms with Crippen LogP contribution in [0.2, 0.25) is 0 Å². The molecule has 0 radical (unpaired) electrons. The van der Waals surface area contributed by atoms with Crippen molar-refractivity contribution in [2.45, 2.75) is 18.7 Å². The number of esters is 1. The number of hydrogen-bond acceptors (Lipinski definition) is 4. The lowest BCUT2D eigenvalue weighted by molar-refractivity contribution is 0.0733. The number of ether oxygens (including phenoxy) is 1. The van der Waals surface area contributed by atoms with E-state index in [2.05, 4.69) is 15.9 Å². The Morgan fingerprint density at radius 2 is 1.75 bits per heavy atom. The van der Waals surface area contributed by atoms with Gasteiger partial charge < -0.3 is 4.74 Å². The van der Waals surface area contributed by atoms with Crippen molar-refractivity contribution in [1.82, 2.24) is 4.31 Å². The predicted octanol–water partition coefficient (Wildman–Crippen LogP) is 3.54. The Kier molecular flexibility index (Phi) is 5.47. The fourth-order valence-electron chi connectivity index (χ4n) is 2.10.